The summed E-state index contributed by atoms with van der Waals surface area (Å²) in [6.07, 6.45) is 1.93. The van der Waals surface area contributed by atoms with Crippen molar-refractivity contribution in [2.45, 2.75) is 40.5 Å². The predicted molar refractivity (Wildman–Crippen MR) is 135 cm³/mol. The molecule has 5 rings (SSSR count). The molecule has 0 aliphatic carbocycles. The van der Waals surface area contributed by atoms with E-state index in [2.05, 4.69) is 106 Å². The van der Waals surface area contributed by atoms with Crippen molar-refractivity contribution in [3.8, 4) is 22.4 Å². The van der Waals surface area contributed by atoms with E-state index in [9.17, 15) is 0 Å². The van der Waals surface area contributed by atoms with Gasteiger partial charge in [0.25, 0.3) is 0 Å². The second kappa shape index (κ2) is 7.94. The van der Waals surface area contributed by atoms with Gasteiger partial charge in [-0.1, -0.05) is 56.2 Å². The van der Waals surface area contributed by atoms with E-state index in [1.165, 1.54) is 27.8 Å². The van der Waals surface area contributed by atoms with E-state index in [4.69, 9.17) is 4.42 Å². The average Bonchev–Trinajstić information content (AvgIpc) is 3.15. The van der Waals surface area contributed by atoms with Crippen LogP contribution >= 0.6 is 0 Å². The summed E-state index contributed by atoms with van der Waals surface area (Å²) in [6, 6.07) is 24.0. The van der Waals surface area contributed by atoms with Crippen molar-refractivity contribution in [3.63, 3.8) is 0 Å². The summed E-state index contributed by atoms with van der Waals surface area (Å²) in [4.78, 5) is 4.66. The van der Waals surface area contributed by atoms with Crippen molar-refractivity contribution in [3.05, 3.63) is 89.6 Å². The fourth-order valence-electron chi connectivity index (χ4n) is 4.53. The maximum absolute atomic E-state index is 6.24. The Morgan fingerprint density at radius 2 is 1.41 bits per heavy atom. The van der Waals surface area contributed by atoms with Gasteiger partial charge in [0.15, 0.2) is 0 Å². The Morgan fingerprint density at radius 3 is 2.16 bits per heavy atom. The maximum atomic E-state index is 6.24. The van der Waals surface area contributed by atoms with Gasteiger partial charge in [-0.05, 0) is 84.8 Å². The van der Waals surface area contributed by atoms with Crippen LogP contribution in [0.4, 0.5) is 0 Å². The summed E-state index contributed by atoms with van der Waals surface area (Å²) in [6.45, 7) is 11.1. The Balaban J connectivity index is 1.59. The molecule has 2 aromatic heterocycles. The monoisotopic (exact) mass is 419 g/mol. The molecule has 0 bridgehead atoms. The van der Waals surface area contributed by atoms with Crippen LogP contribution in [0.5, 0.6) is 0 Å². The molecule has 0 aliphatic rings. The lowest BCUT2D eigenvalue weighted by molar-refractivity contribution is 0.535. The van der Waals surface area contributed by atoms with Crippen LogP contribution in [-0.2, 0) is 0 Å². The highest BCUT2D eigenvalue weighted by atomic mass is 16.3. The molecule has 0 saturated heterocycles. The zero-order valence-corrected chi connectivity index (χ0v) is 19.4. The molecule has 2 heteroatoms. The molecule has 0 aliphatic heterocycles. The largest absolute Gasteiger partial charge is 0.456 e. The Bertz CT molecular complexity index is 1420. The van der Waals surface area contributed by atoms with Gasteiger partial charge in [-0.3, -0.25) is 4.98 Å². The molecule has 5 aromatic rings. The van der Waals surface area contributed by atoms with E-state index in [0.717, 1.165) is 33.2 Å². The van der Waals surface area contributed by atoms with Crippen molar-refractivity contribution < 1.29 is 4.42 Å². The minimum absolute atomic E-state index is 0.499. The Hall–Kier alpha value is -3.39. The SMILES string of the molecule is Cc1cc(C)cc(-c2ccc3c(c2)oc2ccc(-c4cc(C(C)C(C)C)ccn4)cc23)c1. The van der Waals surface area contributed by atoms with E-state index in [1.807, 2.05) is 6.20 Å². The lowest BCUT2D eigenvalue weighted by Crippen LogP contribution is -2.02. The van der Waals surface area contributed by atoms with E-state index >= 15 is 0 Å². The first-order chi connectivity index (χ1) is 15.4. The Morgan fingerprint density at radius 1 is 0.656 bits per heavy atom. The number of hydrogen-bond donors (Lipinski definition) is 0. The molecule has 160 valence electrons. The van der Waals surface area contributed by atoms with Crippen LogP contribution in [0.1, 0.15) is 43.4 Å². The number of rotatable bonds is 4. The van der Waals surface area contributed by atoms with Gasteiger partial charge >= 0.3 is 0 Å². The van der Waals surface area contributed by atoms with Gasteiger partial charge in [-0.15, -0.1) is 0 Å². The minimum Gasteiger partial charge on any atom is -0.456 e. The third-order valence-corrected chi connectivity index (χ3v) is 6.63. The molecular weight excluding hydrogens is 390 g/mol. The molecule has 2 heterocycles. The molecule has 2 nitrogen and oxygen atoms in total. The van der Waals surface area contributed by atoms with Crippen molar-refractivity contribution in [2.75, 3.05) is 0 Å². The minimum atomic E-state index is 0.499. The molecule has 3 aromatic carbocycles. The highest BCUT2D eigenvalue weighted by Gasteiger charge is 2.14. The topological polar surface area (TPSA) is 26.0 Å². The van der Waals surface area contributed by atoms with Crippen LogP contribution < -0.4 is 0 Å². The van der Waals surface area contributed by atoms with E-state index in [0.29, 0.717) is 11.8 Å². The third kappa shape index (κ3) is 3.71. The second-order valence-corrected chi connectivity index (χ2v) is 9.41. The van der Waals surface area contributed by atoms with Gasteiger partial charge in [0.2, 0.25) is 0 Å². The summed E-state index contributed by atoms with van der Waals surface area (Å²) in [5.41, 5.74) is 10.3. The number of benzene rings is 3. The molecule has 0 saturated carbocycles. The third-order valence-electron chi connectivity index (χ3n) is 6.63. The molecule has 0 amide bonds. The fourth-order valence-corrected chi connectivity index (χ4v) is 4.53. The lowest BCUT2D eigenvalue weighted by atomic mass is 9.90. The van der Waals surface area contributed by atoms with Crippen molar-refractivity contribution in [1.82, 2.24) is 4.98 Å². The number of furan rings is 1. The summed E-state index contributed by atoms with van der Waals surface area (Å²) in [7, 11) is 0. The first-order valence-corrected chi connectivity index (χ1v) is 11.4. The van der Waals surface area contributed by atoms with Crippen LogP contribution in [0.3, 0.4) is 0 Å². The highest BCUT2D eigenvalue weighted by Crippen LogP contribution is 2.35. The van der Waals surface area contributed by atoms with Crippen LogP contribution in [0.2, 0.25) is 0 Å². The van der Waals surface area contributed by atoms with E-state index < -0.39 is 0 Å². The standard InChI is InChI=1S/C30H29NO/c1-18(2)21(5)22-10-11-31-28(16-22)24-7-9-29-27(15-24)26-8-6-23(17-30(26)32-29)25-13-19(3)12-20(4)14-25/h6-18,21H,1-5H3. The van der Waals surface area contributed by atoms with Gasteiger partial charge < -0.3 is 4.42 Å². The molecule has 1 unspecified atom stereocenters. The van der Waals surface area contributed by atoms with Crippen molar-refractivity contribution >= 4 is 21.9 Å². The molecule has 0 spiro atoms. The lowest BCUT2D eigenvalue weighted by Gasteiger charge is -2.16. The Kier molecular flexibility index (Phi) is 5.09. The Labute approximate surface area is 189 Å². The zero-order valence-electron chi connectivity index (χ0n) is 19.4. The van der Waals surface area contributed by atoms with Crippen molar-refractivity contribution in [2.24, 2.45) is 5.92 Å². The number of nitrogens with zero attached hydrogens (tertiary/aromatic N) is 1. The first-order valence-electron chi connectivity index (χ1n) is 11.4. The number of aryl methyl sites for hydroxylation is 2. The van der Waals surface area contributed by atoms with Crippen molar-refractivity contribution in [1.29, 1.82) is 0 Å². The quantitative estimate of drug-likeness (QED) is 0.291. The number of aromatic nitrogens is 1. The van der Waals surface area contributed by atoms with Crippen LogP contribution in [0, 0.1) is 19.8 Å². The van der Waals surface area contributed by atoms with Gasteiger partial charge in [0.05, 0.1) is 5.69 Å². The zero-order chi connectivity index (χ0) is 22.4. The molecular formula is C30H29NO. The molecule has 32 heavy (non-hydrogen) atoms. The summed E-state index contributed by atoms with van der Waals surface area (Å²) in [5.74, 6) is 1.09. The molecule has 0 N–H and O–H groups in total. The predicted octanol–water partition coefficient (Wildman–Crippen LogP) is 8.69. The number of hydrogen-bond acceptors (Lipinski definition) is 2. The maximum Gasteiger partial charge on any atom is 0.136 e. The highest BCUT2D eigenvalue weighted by molar-refractivity contribution is 6.07. The van der Waals surface area contributed by atoms with Crippen LogP contribution in [-0.4, -0.2) is 4.98 Å². The smallest absolute Gasteiger partial charge is 0.136 e. The second-order valence-electron chi connectivity index (χ2n) is 9.41. The molecule has 0 radical (unpaired) electrons. The fraction of sp³-hybridized carbons (Fsp3) is 0.233. The van der Waals surface area contributed by atoms with Crippen LogP contribution in [0.25, 0.3) is 44.3 Å². The van der Waals surface area contributed by atoms with Gasteiger partial charge in [-0.25, -0.2) is 0 Å². The van der Waals surface area contributed by atoms with Gasteiger partial charge in [0.1, 0.15) is 11.2 Å². The number of pyridine rings is 1. The summed E-state index contributed by atoms with van der Waals surface area (Å²) < 4.78 is 6.24. The first kappa shape index (κ1) is 20.5. The van der Waals surface area contributed by atoms with E-state index in [-0.39, 0.29) is 0 Å². The van der Waals surface area contributed by atoms with Gasteiger partial charge in [-0.2, -0.15) is 0 Å². The number of fused-ring (bicyclic) bond motifs is 3. The summed E-state index contributed by atoms with van der Waals surface area (Å²) >= 11 is 0. The van der Waals surface area contributed by atoms with Gasteiger partial charge in [0, 0.05) is 22.5 Å². The normalized spacial score (nSPS) is 12.7. The average molecular weight is 420 g/mol. The molecule has 1 atom stereocenters. The van der Waals surface area contributed by atoms with E-state index in [1.54, 1.807) is 0 Å². The molecule has 0 fully saturated rings. The summed E-state index contributed by atoms with van der Waals surface area (Å²) in [5, 5.41) is 2.27. The van der Waals surface area contributed by atoms with Crippen LogP contribution in [0.15, 0.2) is 77.3 Å².